The molecule has 1 aliphatic heterocycles. The fourth-order valence-corrected chi connectivity index (χ4v) is 3.24. The minimum absolute atomic E-state index is 0.0173. The second-order valence-corrected chi connectivity index (χ2v) is 6.76. The zero-order chi connectivity index (χ0) is 19.5. The predicted octanol–water partition coefficient (Wildman–Crippen LogP) is 1.18. The van der Waals surface area contributed by atoms with E-state index in [1.54, 1.807) is 10.8 Å². The number of aromatic nitrogens is 6. The van der Waals surface area contributed by atoms with Crippen molar-refractivity contribution >= 4 is 23.4 Å². The van der Waals surface area contributed by atoms with Crippen LogP contribution in [-0.4, -0.2) is 60.8 Å². The van der Waals surface area contributed by atoms with Gasteiger partial charge >= 0.3 is 0 Å². The minimum atomic E-state index is -1.25. The summed E-state index contributed by atoms with van der Waals surface area (Å²) in [6.07, 6.45) is 3.96. The van der Waals surface area contributed by atoms with Gasteiger partial charge in [-0.1, -0.05) is 27.9 Å². The summed E-state index contributed by atoms with van der Waals surface area (Å²) in [4.78, 5) is 6.31. The Morgan fingerprint density at radius 3 is 2.96 bits per heavy atom. The van der Waals surface area contributed by atoms with Crippen LogP contribution in [0.3, 0.4) is 0 Å². The maximum absolute atomic E-state index is 13.5. The molecular formula is C15H17ClFN9O2. The van der Waals surface area contributed by atoms with Crippen LogP contribution in [0.5, 0.6) is 0 Å². The van der Waals surface area contributed by atoms with E-state index in [0.29, 0.717) is 17.3 Å². The van der Waals surface area contributed by atoms with Gasteiger partial charge in [0.05, 0.1) is 17.3 Å². The van der Waals surface area contributed by atoms with Crippen LogP contribution in [0.1, 0.15) is 30.7 Å². The monoisotopic (exact) mass is 409 g/mol. The number of hydroxylamine groups is 1. The highest BCUT2D eigenvalue weighted by atomic mass is 35.5. The molecule has 2 aromatic heterocycles. The fraction of sp³-hybridized carbons (Fsp3) is 0.467. The van der Waals surface area contributed by atoms with E-state index in [2.05, 4.69) is 35.7 Å². The molecule has 0 saturated carbocycles. The molecule has 2 N–H and O–H groups in total. The van der Waals surface area contributed by atoms with Crippen LogP contribution in [0, 0.1) is 0 Å². The van der Waals surface area contributed by atoms with Gasteiger partial charge in [-0.05, 0) is 34.5 Å². The van der Waals surface area contributed by atoms with E-state index in [1.165, 1.54) is 6.08 Å². The topological polar surface area (TPSA) is 130 Å². The van der Waals surface area contributed by atoms with Gasteiger partial charge in [-0.15, -0.1) is 0 Å². The van der Waals surface area contributed by atoms with Gasteiger partial charge in [-0.3, -0.25) is 10.7 Å². The first-order valence-electron chi connectivity index (χ1n) is 8.68. The zero-order valence-electron chi connectivity index (χ0n) is 14.7. The number of nitrogens with one attached hydrogen (secondary N) is 1. The Hall–Kier alpha value is -2.86. The van der Waals surface area contributed by atoms with Crippen LogP contribution in [0.15, 0.2) is 32.5 Å². The van der Waals surface area contributed by atoms with Crippen molar-refractivity contribution in [1.82, 2.24) is 36.0 Å². The van der Waals surface area contributed by atoms with E-state index in [9.17, 15) is 9.60 Å². The second kappa shape index (κ2) is 8.02. The maximum Gasteiger partial charge on any atom is 0.245 e. The van der Waals surface area contributed by atoms with Gasteiger partial charge in [0.15, 0.2) is 11.5 Å². The first kappa shape index (κ1) is 18.5. The highest BCUT2D eigenvalue weighted by Crippen LogP contribution is 2.25. The molecule has 11 nitrogen and oxygen atoms in total. The molecule has 148 valence electrons. The van der Waals surface area contributed by atoms with E-state index in [0.717, 1.165) is 25.9 Å². The third-order valence-electron chi connectivity index (χ3n) is 4.45. The van der Waals surface area contributed by atoms with Crippen molar-refractivity contribution in [2.75, 3.05) is 18.0 Å². The molecule has 2 aromatic rings. The summed E-state index contributed by atoms with van der Waals surface area (Å²) in [5.41, 5.74) is 2.90. The van der Waals surface area contributed by atoms with Gasteiger partial charge in [-0.25, -0.2) is 18.7 Å². The first-order chi connectivity index (χ1) is 13.7. The van der Waals surface area contributed by atoms with Gasteiger partial charge in [0, 0.05) is 19.5 Å². The van der Waals surface area contributed by atoms with Crippen molar-refractivity contribution in [1.29, 1.82) is 0 Å². The van der Waals surface area contributed by atoms with Crippen molar-refractivity contribution in [3.8, 4) is 0 Å². The molecule has 1 fully saturated rings. The van der Waals surface area contributed by atoms with Crippen molar-refractivity contribution < 1.29 is 14.2 Å². The molecule has 1 unspecified atom stereocenters. The summed E-state index contributed by atoms with van der Waals surface area (Å²) in [7, 11) is 0. The number of amidine groups is 1. The molecule has 0 bridgehead atoms. The van der Waals surface area contributed by atoms with Crippen LogP contribution in [-0.2, 0) is 6.54 Å². The SMILES string of the molecule is ONC(=NC1=CCC(F)C(Cl)=C1)c1nonc1Cn1nnnc1N1CCCC1. The average molecular weight is 410 g/mol. The Kier molecular flexibility index (Phi) is 5.30. The van der Waals surface area contributed by atoms with Gasteiger partial charge < -0.3 is 4.90 Å². The summed E-state index contributed by atoms with van der Waals surface area (Å²) >= 11 is 5.84. The molecule has 0 aromatic carbocycles. The van der Waals surface area contributed by atoms with E-state index < -0.39 is 6.17 Å². The highest BCUT2D eigenvalue weighted by Gasteiger charge is 2.23. The van der Waals surface area contributed by atoms with Gasteiger partial charge in [0.2, 0.25) is 5.95 Å². The normalized spacial score (nSPS) is 20.3. The number of hydrogen-bond donors (Lipinski definition) is 2. The Bertz CT molecular complexity index is 932. The molecule has 1 saturated heterocycles. The summed E-state index contributed by atoms with van der Waals surface area (Å²) in [6, 6.07) is 0. The molecule has 0 radical (unpaired) electrons. The first-order valence-corrected chi connectivity index (χ1v) is 9.06. The molecule has 13 heteroatoms. The lowest BCUT2D eigenvalue weighted by Gasteiger charge is -2.15. The van der Waals surface area contributed by atoms with E-state index in [1.807, 2.05) is 5.48 Å². The summed E-state index contributed by atoms with van der Waals surface area (Å²) in [6.45, 7) is 1.93. The Morgan fingerprint density at radius 1 is 1.39 bits per heavy atom. The van der Waals surface area contributed by atoms with E-state index in [-0.39, 0.29) is 29.5 Å². The summed E-state index contributed by atoms with van der Waals surface area (Å²) in [5.74, 6) is 0.608. The number of nitrogens with zero attached hydrogens (tertiary/aromatic N) is 8. The molecule has 0 spiro atoms. The highest BCUT2D eigenvalue weighted by molar-refractivity contribution is 6.30. The van der Waals surface area contributed by atoms with Gasteiger partial charge in [0.1, 0.15) is 11.9 Å². The van der Waals surface area contributed by atoms with Crippen molar-refractivity contribution in [2.45, 2.75) is 32.0 Å². The van der Waals surface area contributed by atoms with E-state index >= 15 is 0 Å². The van der Waals surface area contributed by atoms with Crippen molar-refractivity contribution in [2.24, 2.45) is 4.99 Å². The maximum atomic E-state index is 13.5. The zero-order valence-corrected chi connectivity index (χ0v) is 15.4. The standard InChI is InChI=1S/C15H17ClFN9O2/c16-10-7-9(3-4-11(10)17)18-14(20-27)13-12(21-28-22-13)8-26-15(19-23-24-26)25-5-1-2-6-25/h3,7,11,27H,1-2,4-6,8H2,(H,18,20). The fourth-order valence-electron chi connectivity index (χ4n) is 3.04. The molecule has 28 heavy (non-hydrogen) atoms. The number of aliphatic imine (C=N–C) groups is 1. The van der Waals surface area contributed by atoms with Crippen LogP contribution < -0.4 is 10.4 Å². The van der Waals surface area contributed by atoms with Crippen molar-refractivity contribution in [3.05, 3.63) is 34.3 Å². The number of hydrogen-bond acceptors (Lipinski definition) is 9. The third kappa shape index (κ3) is 3.73. The third-order valence-corrected chi connectivity index (χ3v) is 4.79. The van der Waals surface area contributed by atoms with Gasteiger partial charge in [-0.2, -0.15) is 0 Å². The molecule has 0 amide bonds. The number of halogens is 2. The number of anilines is 1. The molecule has 4 rings (SSSR count). The lowest BCUT2D eigenvalue weighted by atomic mass is 10.1. The van der Waals surface area contributed by atoms with Gasteiger partial charge in [0.25, 0.3) is 0 Å². The average Bonchev–Trinajstić information content (AvgIpc) is 3.44. The second-order valence-electron chi connectivity index (χ2n) is 6.32. The van der Waals surface area contributed by atoms with E-state index in [4.69, 9.17) is 16.2 Å². The van der Waals surface area contributed by atoms with Crippen LogP contribution in [0.4, 0.5) is 10.3 Å². The quantitative estimate of drug-likeness (QED) is 0.424. The molecule has 1 aliphatic carbocycles. The Labute approximate surface area is 163 Å². The lowest BCUT2D eigenvalue weighted by molar-refractivity contribution is 0.233. The lowest BCUT2D eigenvalue weighted by Crippen LogP contribution is -2.25. The molecule has 3 heterocycles. The van der Waals surface area contributed by atoms with Crippen molar-refractivity contribution in [3.63, 3.8) is 0 Å². The van der Waals surface area contributed by atoms with Crippen LogP contribution >= 0.6 is 11.6 Å². The molecular weight excluding hydrogens is 393 g/mol. The Morgan fingerprint density at radius 2 is 2.21 bits per heavy atom. The number of allylic oxidation sites excluding steroid dienone is 3. The van der Waals surface area contributed by atoms with Crippen LogP contribution in [0.25, 0.3) is 0 Å². The van der Waals surface area contributed by atoms with Crippen LogP contribution in [0.2, 0.25) is 0 Å². The smallest absolute Gasteiger partial charge is 0.245 e. The number of tetrazole rings is 1. The number of rotatable bonds is 5. The minimum Gasteiger partial charge on any atom is -0.340 e. The largest absolute Gasteiger partial charge is 0.340 e. The summed E-state index contributed by atoms with van der Waals surface area (Å²) in [5, 5.41) is 29.0. The predicted molar refractivity (Wildman–Crippen MR) is 95.7 cm³/mol. The number of alkyl halides is 1. The molecule has 2 aliphatic rings. The molecule has 1 atom stereocenters. The Balaban J connectivity index is 1.59. The summed E-state index contributed by atoms with van der Waals surface area (Å²) < 4.78 is 19.9.